The van der Waals surface area contributed by atoms with Crippen molar-refractivity contribution in [2.45, 2.75) is 6.92 Å². The molecule has 0 aliphatic carbocycles. The maximum Gasteiger partial charge on any atom is 0.316 e. The van der Waals surface area contributed by atoms with E-state index in [2.05, 4.69) is 16.6 Å². The van der Waals surface area contributed by atoms with Gasteiger partial charge in [-0.05, 0) is 19.1 Å². The van der Waals surface area contributed by atoms with E-state index < -0.39 is 11.9 Å². The molecule has 0 atom stereocenters. The van der Waals surface area contributed by atoms with Crippen molar-refractivity contribution in [3.05, 3.63) is 29.8 Å². The molecule has 0 saturated heterocycles. The molecule has 0 aliphatic heterocycles. The first-order valence-corrected chi connectivity index (χ1v) is 7.97. The van der Waals surface area contributed by atoms with Crippen molar-refractivity contribution in [1.29, 1.82) is 0 Å². The zero-order valence-corrected chi connectivity index (χ0v) is 13.6. The second-order valence-corrected chi connectivity index (χ2v) is 5.53. The summed E-state index contributed by atoms with van der Waals surface area (Å²) in [4.78, 5) is 34.3. The summed E-state index contributed by atoms with van der Waals surface area (Å²) in [5.74, 6) is 1.11. The summed E-state index contributed by atoms with van der Waals surface area (Å²) in [7, 11) is 0. The Morgan fingerprint density at radius 1 is 1.17 bits per heavy atom. The smallest absolute Gasteiger partial charge is 0.316 e. The molecule has 1 aromatic rings. The summed E-state index contributed by atoms with van der Waals surface area (Å²) < 4.78 is 4.74. The van der Waals surface area contributed by atoms with Crippen molar-refractivity contribution in [3.63, 3.8) is 0 Å². The molecule has 1 aromatic carbocycles. The number of carbonyl (C=O) groups excluding carboxylic acids is 3. The molecule has 122 valence electrons. The third-order valence-electron chi connectivity index (χ3n) is 2.54. The van der Waals surface area contributed by atoms with Crippen LogP contribution in [0.25, 0.3) is 0 Å². The molecule has 0 saturated carbocycles. The lowest BCUT2D eigenvalue weighted by molar-refractivity contribution is -0.145. The molecule has 2 N–H and O–H groups in total. The van der Waals surface area contributed by atoms with Crippen molar-refractivity contribution in [1.82, 2.24) is 5.32 Å². The van der Waals surface area contributed by atoms with E-state index in [0.29, 0.717) is 5.69 Å². The number of esters is 1. The van der Waals surface area contributed by atoms with Gasteiger partial charge in [-0.2, -0.15) is 0 Å². The predicted molar refractivity (Wildman–Crippen MR) is 89.9 cm³/mol. The minimum absolute atomic E-state index is 0.0102. The highest BCUT2D eigenvalue weighted by atomic mass is 32.2. The molecule has 0 heterocycles. The van der Waals surface area contributed by atoms with Crippen LogP contribution in [0.2, 0.25) is 0 Å². The topological polar surface area (TPSA) is 84.5 Å². The molecular formula is C16H18N2O4S. The SMILES string of the molecule is C#CCNC(=O)COC(=O)CSCC(=O)Nc1ccc(C)cc1. The molecule has 0 radical (unpaired) electrons. The summed E-state index contributed by atoms with van der Waals surface area (Å²) in [5, 5.41) is 5.09. The Bertz CT molecular complexity index is 593. The molecule has 2 amide bonds. The van der Waals surface area contributed by atoms with Gasteiger partial charge in [0.1, 0.15) is 0 Å². The maximum absolute atomic E-state index is 11.7. The highest BCUT2D eigenvalue weighted by Gasteiger charge is 2.09. The zero-order chi connectivity index (χ0) is 17.1. The van der Waals surface area contributed by atoms with Gasteiger partial charge in [-0.15, -0.1) is 18.2 Å². The number of hydrogen-bond donors (Lipinski definition) is 2. The van der Waals surface area contributed by atoms with Crippen LogP contribution in [0.15, 0.2) is 24.3 Å². The van der Waals surface area contributed by atoms with Crippen LogP contribution in [-0.4, -0.2) is 42.4 Å². The lowest BCUT2D eigenvalue weighted by Gasteiger charge is -2.06. The van der Waals surface area contributed by atoms with E-state index in [1.54, 1.807) is 12.1 Å². The van der Waals surface area contributed by atoms with Crippen LogP contribution < -0.4 is 10.6 Å². The van der Waals surface area contributed by atoms with Crippen LogP contribution >= 0.6 is 11.8 Å². The molecule has 7 heteroatoms. The van der Waals surface area contributed by atoms with Gasteiger partial charge in [-0.1, -0.05) is 23.6 Å². The lowest BCUT2D eigenvalue weighted by Crippen LogP contribution is -2.29. The summed E-state index contributed by atoms with van der Waals surface area (Å²) in [6.07, 6.45) is 4.98. The number of amides is 2. The molecule has 0 spiro atoms. The molecule has 1 rings (SSSR count). The number of rotatable bonds is 8. The molecule has 0 fully saturated rings. The van der Waals surface area contributed by atoms with Gasteiger partial charge in [0.15, 0.2) is 6.61 Å². The number of ether oxygens (including phenoxy) is 1. The highest BCUT2D eigenvalue weighted by Crippen LogP contribution is 2.09. The van der Waals surface area contributed by atoms with E-state index in [4.69, 9.17) is 11.2 Å². The number of thioether (sulfide) groups is 1. The van der Waals surface area contributed by atoms with Gasteiger partial charge in [-0.25, -0.2) is 0 Å². The van der Waals surface area contributed by atoms with Gasteiger partial charge in [-0.3, -0.25) is 14.4 Å². The Hall–Kier alpha value is -2.46. The third-order valence-corrected chi connectivity index (χ3v) is 3.45. The summed E-state index contributed by atoms with van der Waals surface area (Å²) in [5.41, 5.74) is 1.81. The fourth-order valence-electron chi connectivity index (χ4n) is 1.45. The van der Waals surface area contributed by atoms with Crippen LogP contribution in [0.5, 0.6) is 0 Å². The lowest BCUT2D eigenvalue weighted by atomic mass is 10.2. The Morgan fingerprint density at radius 3 is 2.52 bits per heavy atom. The zero-order valence-electron chi connectivity index (χ0n) is 12.8. The van der Waals surface area contributed by atoms with Crippen molar-refractivity contribution in [3.8, 4) is 12.3 Å². The van der Waals surface area contributed by atoms with Gasteiger partial charge in [0.25, 0.3) is 5.91 Å². The maximum atomic E-state index is 11.7. The van der Waals surface area contributed by atoms with Crippen molar-refractivity contribution < 1.29 is 19.1 Å². The quantitative estimate of drug-likeness (QED) is 0.546. The monoisotopic (exact) mass is 334 g/mol. The summed E-state index contributed by atoms with van der Waals surface area (Å²) in [6, 6.07) is 7.40. The van der Waals surface area contributed by atoms with Crippen molar-refractivity contribution >= 4 is 35.2 Å². The average Bonchev–Trinajstić information content (AvgIpc) is 2.53. The van der Waals surface area contributed by atoms with Crippen LogP contribution in [0, 0.1) is 19.3 Å². The van der Waals surface area contributed by atoms with Gasteiger partial charge >= 0.3 is 5.97 Å². The number of aryl methyl sites for hydroxylation is 1. The Labute approximate surface area is 139 Å². The standard InChI is InChI=1S/C16H18N2O4S/c1-3-8-17-14(19)9-22-16(21)11-23-10-15(20)18-13-6-4-12(2)5-7-13/h1,4-7H,8-11H2,2H3,(H,17,19)(H,18,20). The fraction of sp³-hybridized carbons (Fsp3) is 0.312. The normalized spacial score (nSPS) is 9.57. The molecule has 0 aromatic heterocycles. The molecule has 23 heavy (non-hydrogen) atoms. The minimum atomic E-state index is -0.561. The number of terminal acetylenes is 1. The second-order valence-electron chi connectivity index (χ2n) is 4.55. The van der Waals surface area contributed by atoms with Crippen molar-refractivity contribution in [2.75, 3.05) is 30.0 Å². The van der Waals surface area contributed by atoms with E-state index in [1.165, 1.54) is 0 Å². The number of carbonyl (C=O) groups is 3. The Balaban J connectivity index is 2.16. The summed E-state index contributed by atoms with van der Waals surface area (Å²) >= 11 is 1.11. The average molecular weight is 334 g/mol. The second kappa shape index (κ2) is 10.3. The van der Waals surface area contributed by atoms with Crippen LogP contribution in [0.1, 0.15) is 5.56 Å². The predicted octanol–water partition coefficient (Wildman–Crippen LogP) is 0.959. The van der Waals surface area contributed by atoms with E-state index in [9.17, 15) is 14.4 Å². The third kappa shape index (κ3) is 8.53. The Kier molecular flexibility index (Phi) is 8.32. The van der Waals surface area contributed by atoms with Crippen LogP contribution in [-0.2, 0) is 19.1 Å². The minimum Gasteiger partial charge on any atom is -0.455 e. The molecule has 6 nitrogen and oxygen atoms in total. The van der Waals surface area contributed by atoms with Crippen LogP contribution in [0.3, 0.4) is 0 Å². The van der Waals surface area contributed by atoms with E-state index in [0.717, 1.165) is 17.3 Å². The first kappa shape index (κ1) is 18.6. The molecule has 0 aliphatic rings. The number of anilines is 1. The number of hydrogen-bond acceptors (Lipinski definition) is 5. The highest BCUT2D eigenvalue weighted by molar-refractivity contribution is 8.00. The van der Waals surface area contributed by atoms with Gasteiger partial charge in [0.2, 0.25) is 5.91 Å². The van der Waals surface area contributed by atoms with Gasteiger partial charge in [0, 0.05) is 5.69 Å². The molecule has 0 unspecified atom stereocenters. The fourth-order valence-corrected chi connectivity index (χ4v) is 2.06. The first-order chi connectivity index (χ1) is 11.0. The molecular weight excluding hydrogens is 316 g/mol. The van der Waals surface area contributed by atoms with Crippen molar-refractivity contribution in [2.24, 2.45) is 0 Å². The number of nitrogens with one attached hydrogen (secondary N) is 2. The van der Waals surface area contributed by atoms with E-state index in [-0.39, 0.29) is 30.6 Å². The van der Waals surface area contributed by atoms with E-state index in [1.807, 2.05) is 19.1 Å². The van der Waals surface area contributed by atoms with E-state index >= 15 is 0 Å². The van der Waals surface area contributed by atoms with Crippen LogP contribution in [0.4, 0.5) is 5.69 Å². The summed E-state index contributed by atoms with van der Waals surface area (Å²) in [6.45, 7) is 1.67. The Morgan fingerprint density at radius 2 is 1.87 bits per heavy atom. The van der Waals surface area contributed by atoms with Gasteiger partial charge < -0.3 is 15.4 Å². The largest absolute Gasteiger partial charge is 0.455 e. The van der Waals surface area contributed by atoms with Gasteiger partial charge in [0.05, 0.1) is 18.1 Å². The first-order valence-electron chi connectivity index (χ1n) is 6.81. The number of benzene rings is 1. The molecule has 0 bridgehead atoms.